The first kappa shape index (κ1) is 18.4. The van der Waals surface area contributed by atoms with E-state index in [1.165, 1.54) is 37.1 Å². The Hall–Kier alpha value is -1.35. The molecule has 3 fully saturated rings. The van der Waals surface area contributed by atoms with E-state index in [2.05, 4.69) is 67.3 Å². The summed E-state index contributed by atoms with van der Waals surface area (Å²) >= 11 is 0. The number of fused-ring (bicyclic) bond motifs is 3. The highest BCUT2D eigenvalue weighted by atomic mass is 35.5. The number of nitrogens with zero attached hydrogens (tertiary/aromatic N) is 1. The van der Waals surface area contributed by atoms with Gasteiger partial charge in [-0.1, -0.05) is 59.7 Å². The average Bonchev–Trinajstić information content (AvgIpc) is 2.62. The van der Waals surface area contributed by atoms with Crippen LogP contribution in [0.25, 0.3) is 0 Å². The fourth-order valence-electron chi connectivity index (χ4n) is 4.80. The van der Waals surface area contributed by atoms with Crippen molar-refractivity contribution >= 4 is 12.4 Å². The van der Waals surface area contributed by atoms with Gasteiger partial charge in [0.2, 0.25) is 0 Å². The Morgan fingerprint density at radius 2 is 1.44 bits per heavy atom. The van der Waals surface area contributed by atoms with E-state index in [1.54, 1.807) is 0 Å². The molecule has 2 aromatic carbocycles. The highest BCUT2D eigenvalue weighted by Crippen LogP contribution is 2.47. The maximum absolute atomic E-state index is 12.1. The second kappa shape index (κ2) is 7.11. The maximum Gasteiger partial charge on any atom is 0.119 e. The fourth-order valence-corrected chi connectivity index (χ4v) is 4.80. The van der Waals surface area contributed by atoms with Gasteiger partial charge in [0.15, 0.2) is 0 Å². The third-order valence-electron chi connectivity index (χ3n) is 6.11. The van der Waals surface area contributed by atoms with E-state index in [-0.39, 0.29) is 18.3 Å². The van der Waals surface area contributed by atoms with E-state index in [1.807, 2.05) is 0 Å². The van der Waals surface area contributed by atoms with Gasteiger partial charge in [-0.3, -0.25) is 0 Å². The molecule has 1 unspecified atom stereocenters. The van der Waals surface area contributed by atoms with Crippen LogP contribution in [0.3, 0.4) is 0 Å². The van der Waals surface area contributed by atoms with Crippen LogP contribution < -0.4 is 0 Å². The van der Waals surface area contributed by atoms with E-state index in [0.717, 1.165) is 17.7 Å². The van der Waals surface area contributed by atoms with Gasteiger partial charge in [0.05, 0.1) is 0 Å². The van der Waals surface area contributed by atoms with Crippen LogP contribution in [-0.4, -0.2) is 29.6 Å². The molecule has 0 saturated carbocycles. The van der Waals surface area contributed by atoms with E-state index in [4.69, 9.17) is 0 Å². The molecule has 25 heavy (non-hydrogen) atoms. The number of aryl methyl sites for hydroxylation is 2. The number of hydrogen-bond donors (Lipinski definition) is 1. The molecule has 0 aromatic heterocycles. The summed E-state index contributed by atoms with van der Waals surface area (Å²) in [6.07, 6.45) is 2.43. The zero-order valence-electron chi connectivity index (χ0n) is 15.1. The van der Waals surface area contributed by atoms with Gasteiger partial charge in [0, 0.05) is 12.5 Å². The number of rotatable bonds is 3. The van der Waals surface area contributed by atoms with Crippen LogP contribution in [0.5, 0.6) is 0 Å². The summed E-state index contributed by atoms with van der Waals surface area (Å²) in [5.74, 6) is 0.879. The monoisotopic (exact) mass is 357 g/mol. The summed E-state index contributed by atoms with van der Waals surface area (Å²) in [5.41, 5.74) is 3.61. The first-order valence-corrected chi connectivity index (χ1v) is 9.16. The van der Waals surface area contributed by atoms with Gasteiger partial charge in [-0.15, -0.1) is 12.4 Å². The molecule has 5 rings (SSSR count). The zero-order chi connectivity index (χ0) is 16.7. The number of piperidine rings is 3. The highest BCUT2D eigenvalue weighted by Gasteiger charge is 2.48. The van der Waals surface area contributed by atoms with Crippen molar-refractivity contribution < 1.29 is 5.11 Å². The number of halogens is 1. The number of hydrogen-bond acceptors (Lipinski definition) is 2. The lowest BCUT2D eigenvalue weighted by molar-refractivity contribution is -0.0764. The minimum absolute atomic E-state index is 0. The van der Waals surface area contributed by atoms with Crippen molar-refractivity contribution in [1.82, 2.24) is 4.90 Å². The van der Waals surface area contributed by atoms with Gasteiger partial charge >= 0.3 is 0 Å². The van der Waals surface area contributed by atoms with Gasteiger partial charge < -0.3 is 10.0 Å². The summed E-state index contributed by atoms with van der Waals surface area (Å²) in [6.45, 7) is 7.61. The molecule has 1 atom stereocenters. The van der Waals surface area contributed by atoms with Crippen LogP contribution >= 0.6 is 12.4 Å². The molecule has 3 heteroatoms. The Balaban J connectivity index is 0.00000182. The molecule has 3 saturated heterocycles. The molecule has 1 N–H and O–H groups in total. The lowest BCUT2D eigenvalue weighted by Gasteiger charge is -2.51. The predicted molar refractivity (Wildman–Crippen MR) is 105 cm³/mol. The number of aliphatic hydroxyl groups is 1. The molecule has 0 radical (unpaired) electrons. The van der Waals surface area contributed by atoms with Gasteiger partial charge in [-0.2, -0.15) is 0 Å². The molecular weight excluding hydrogens is 330 g/mol. The highest BCUT2D eigenvalue weighted by molar-refractivity contribution is 5.85. The second-order valence-electron chi connectivity index (χ2n) is 7.75. The van der Waals surface area contributed by atoms with Crippen LogP contribution in [0.1, 0.15) is 35.1 Å². The minimum atomic E-state index is -0.901. The van der Waals surface area contributed by atoms with Crippen molar-refractivity contribution in [2.75, 3.05) is 19.6 Å². The Labute approximate surface area is 157 Å². The summed E-state index contributed by atoms with van der Waals surface area (Å²) in [7, 11) is 0. The molecule has 3 heterocycles. The van der Waals surface area contributed by atoms with E-state index in [0.29, 0.717) is 5.92 Å². The summed E-state index contributed by atoms with van der Waals surface area (Å²) in [5, 5.41) is 12.1. The molecule has 2 aromatic rings. The molecule has 134 valence electrons. The predicted octanol–water partition coefficient (Wildman–Crippen LogP) is 4.30. The zero-order valence-corrected chi connectivity index (χ0v) is 15.9. The van der Waals surface area contributed by atoms with Crippen molar-refractivity contribution in [3.05, 3.63) is 70.8 Å². The van der Waals surface area contributed by atoms with Crippen molar-refractivity contribution in [1.29, 1.82) is 0 Å². The van der Waals surface area contributed by atoms with Crippen LogP contribution in [0, 0.1) is 25.7 Å². The molecule has 0 amide bonds. The molecule has 0 spiro atoms. The molecule has 2 bridgehead atoms. The van der Waals surface area contributed by atoms with Gasteiger partial charge in [-0.25, -0.2) is 0 Å². The number of benzene rings is 2. The fraction of sp³-hybridized carbons (Fsp3) is 0.455. The molecular formula is C22H28ClNO. The molecule has 2 nitrogen and oxygen atoms in total. The van der Waals surface area contributed by atoms with Crippen LogP contribution in [0.4, 0.5) is 0 Å². The Morgan fingerprint density at radius 1 is 0.920 bits per heavy atom. The summed E-state index contributed by atoms with van der Waals surface area (Å²) in [6, 6.07) is 16.9. The minimum Gasteiger partial charge on any atom is -0.380 e. The van der Waals surface area contributed by atoms with Crippen molar-refractivity contribution in [3.63, 3.8) is 0 Å². The Bertz CT molecular complexity index is 691. The summed E-state index contributed by atoms with van der Waals surface area (Å²) < 4.78 is 0. The third kappa shape index (κ3) is 3.23. The third-order valence-corrected chi connectivity index (χ3v) is 6.11. The first-order valence-electron chi connectivity index (χ1n) is 9.16. The maximum atomic E-state index is 12.1. The Morgan fingerprint density at radius 3 is 1.84 bits per heavy atom. The van der Waals surface area contributed by atoms with E-state index in [9.17, 15) is 5.11 Å². The molecule has 0 aliphatic carbocycles. The lowest BCUT2D eigenvalue weighted by Crippen LogP contribution is -2.55. The standard InChI is InChI=1S/C22H27NO.ClH/c1-16-5-3-7-19(13-16)22(24,20-8-4-6-17(2)14-20)21-15-23-11-9-18(21)10-12-23;/h3-8,13-14,18,21,24H,9-12,15H2,1-2H3;1H. The van der Waals surface area contributed by atoms with E-state index < -0.39 is 5.60 Å². The molecule has 3 aliphatic rings. The van der Waals surface area contributed by atoms with Crippen molar-refractivity contribution in [2.24, 2.45) is 11.8 Å². The van der Waals surface area contributed by atoms with E-state index >= 15 is 0 Å². The quantitative estimate of drug-likeness (QED) is 0.885. The van der Waals surface area contributed by atoms with Gasteiger partial charge in [-0.05, 0) is 56.8 Å². The molecule has 3 aliphatic heterocycles. The SMILES string of the molecule is Cc1cccc(C(O)(c2cccc(C)c2)C2CN3CCC2CC3)c1.Cl. The largest absolute Gasteiger partial charge is 0.380 e. The first-order chi connectivity index (χ1) is 11.6. The van der Waals surface area contributed by atoms with Crippen molar-refractivity contribution in [2.45, 2.75) is 32.3 Å². The summed E-state index contributed by atoms with van der Waals surface area (Å²) in [4.78, 5) is 2.53. The smallest absolute Gasteiger partial charge is 0.119 e. The lowest BCUT2D eigenvalue weighted by atomic mass is 9.65. The normalized spacial score (nSPS) is 25.5. The van der Waals surface area contributed by atoms with Crippen LogP contribution in [-0.2, 0) is 5.60 Å². The average molecular weight is 358 g/mol. The van der Waals surface area contributed by atoms with Gasteiger partial charge in [0.25, 0.3) is 0 Å². The van der Waals surface area contributed by atoms with Crippen LogP contribution in [0.2, 0.25) is 0 Å². The van der Waals surface area contributed by atoms with Crippen LogP contribution in [0.15, 0.2) is 48.5 Å². The van der Waals surface area contributed by atoms with Gasteiger partial charge in [0.1, 0.15) is 5.60 Å². The second-order valence-corrected chi connectivity index (χ2v) is 7.75. The van der Waals surface area contributed by atoms with Crippen molar-refractivity contribution in [3.8, 4) is 0 Å². The topological polar surface area (TPSA) is 23.5 Å². The Kier molecular flexibility index (Phi) is 5.24.